The lowest BCUT2D eigenvalue weighted by Gasteiger charge is -2.25. The van der Waals surface area contributed by atoms with E-state index in [-0.39, 0.29) is 0 Å². The van der Waals surface area contributed by atoms with E-state index in [1.165, 1.54) is 18.4 Å². The summed E-state index contributed by atoms with van der Waals surface area (Å²) in [7, 11) is 3.35. The maximum atomic E-state index is 5.41. The zero-order valence-electron chi connectivity index (χ0n) is 14.2. The van der Waals surface area contributed by atoms with Crippen molar-refractivity contribution in [1.29, 1.82) is 0 Å². The van der Waals surface area contributed by atoms with Gasteiger partial charge in [0.15, 0.2) is 11.5 Å². The molecule has 5 heteroatoms. The summed E-state index contributed by atoms with van der Waals surface area (Å²) in [6.07, 6.45) is 6.45. The van der Waals surface area contributed by atoms with Crippen LogP contribution in [0.1, 0.15) is 24.2 Å². The molecule has 0 N–H and O–H groups in total. The number of nitrogens with zero attached hydrogens (tertiary/aromatic N) is 3. The largest absolute Gasteiger partial charge is 0.493 e. The van der Waals surface area contributed by atoms with Crippen molar-refractivity contribution in [3.63, 3.8) is 0 Å². The van der Waals surface area contributed by atoms with Crippen molar-refractivity contribution in [3.8, 4) is 11.5 Å². The highest BCUT2D eigenvalue weighted by Gasteiger charge is 2.25. The van der Waals surface area contributed by atoms with Gasteiger partial charge in [-0.25, -0.2) is 4.98 Å². The SMILES string of the molecule is COc1ccc(CN2CCCC2Cn2ccnc2C)cc1OC. The number of ether oxygens (including phenoxy) is 2. The Hall–Kier alpha value is -2.01. The molecule has 1 unspecified atom stereocenters. The lowest BCUT2D eigenvalue weighted by molar-refractivity contribution is 0.223. The fourth-order valence-electron chi connectivity index (χ4n) is 3.35. The Bertz CT molecular complexity index is 653. The minimum Gasteiger partial charge on any atom is -0.493 e. The summed E-state index contributed by atoms with van der Waals surface area (Å²) < 4.78 is 13.0. The summed E-state index contributed by atoms with van der Waals surface area (Å²) in [6, 6.07) is 6.76. The predicted octanol–water partition coefficient (Wildman–Crippen LogP) is 2.87. The average molecular weight is 315 g/mol. The Morgan fingerprint density at radius 2 is 2.04 bits per heavy atom. The minimum atomic E-state index is 0.566. The highest BCUT2D eigenvalue weighted by Crippen LogP contribution is 2.29. The number of imidazole rings is 1. The van der Waals surface area contributed by atoms with E-state index in [1.807, 2.05) is 12.3 Å². The highest BCUT2D eigenvalue weighted by atomic mass is 16.5. The molecule has 0 radical (unpaired) electrons. The molecule has 124 valence electrons. The van der Waals surface area contributed by atoms with Gasteiger partial charge in [-0.3, -0.25) is 4.90 Å². The van der Waals surface area contributed by atoms with Crippen LogP contribution < -0.4 is 9.47 Å². The highest BCUT2D eigenvalue weighted by molar-refractivity contribution is 5.42. The Morgan fingerprint density at radius 3 is 2.74 bits per heavy atom. The lowest BCUT2D eigenvalue weighted by Crippen LogP contribution is -2.32. The summed E-state index contributed by atoms with van der Waals surface area (Å²) in [4.78, 5) is 6.88. The molecule has 2 heterocycles. The first-order valence-corrected chi connectivity index (χ1v) is 8.14. The molecule has 0 spiro atoms. The van der Waals surface area contributed by atoms with Crippen molar-refractivity contribution in [2.24, 2.45) is 0 Å². The van der Waals surface area contributed by atoms with E-state index in [4.69, 9.17) is 9.47 Å². The first kappa shape index (κ1) is 15.9. The molecule has 3 rings (SSSR count). The van der Waals surface area contributed by atoms with Crippen molar-refractivity contribution in [1.82, 2.24) is 14.5 Å². The Morgan fingerprint density at radius 1 is 1.22 bits per heavy atom. The molecule has 2 aromatic rings. The third-order valence-electron chi connectivity index (χ3n) is 4.66. The zero-order chi connectivity index (χ0) is 16.2. The second kappa shape index (κ2) is 7.04. The van der Waals surface area contributed by atoms with Gasteiger partial charge in [0.25, 0.3) is 0 Å². The number of methoxy groups -OCH3 is 2. The van der Waals surface area contributed by atoms with Gasteiger partial charge in [0.1, 0.15) is 5.82 Å². The number of likely N-dealkylation sites (tertiary alicyclic amines) is 1. The lowest BCUT2D eigenvalue weighted by atomic mass is 10.1. The van der Waals surface area contributed by atoms with Crippen LogP contribution >= 0.6 is 0 Å². The van der Waals surface area contributed by atoms with Gasteiger partial charge in [-0.2, -0.15) is 0 Å². The monoisotopic (exact) mass is 315 g/mol. The van der Waals surface area contributed by atoms with Crippen LogP contribution in [0.3, 0.4) is 0 Å². The average Bonchev–Trinajstić information content (AvgIpc) is 3.17. The summed E-state index contributed by atoms with van der Waals surface area (Å²) in [5.41, 5.74) is 1.26. The summed E-state index contributed by atoms with van der Waals surface area (Å²) in [5, 5.41) is 0. The van der Waals surface area contributed by atoms with Gasteiger partial charge in [-0.05, 0) is 44.0 Å². The molecule has 0 aliphatic carbocycles. The maximum absolute atomic E-state index is 5.41. The number of aryl methyl sites for hydroxylation is 1. The van der Waals surface area contributed by atoms with Crippen LogP contribution in [0.25, 0.3) is 0 Å². The van der Waals surface area contributed by atoms with Gasteiger partial charge in [-0.1, -0.05) is 6.07 Å². The molecule has 1 aromatic heterocycles. The van der Waals surface area contributed by atoms with Crippen molar-refractivity contribution >= 4 is 0 Å². The summed E-state index contributed by atoms with van der Waals surface area (Å²) in [5.74, 6) is 2.66. The molecular formula is C18H25N3O2. The van der Waals surface area contributed by atoms with E-state index in [1.54, 1.807) is 14.2 Å². The summed E-state index contributed by atoms with van der Waals surface area (Å²) in [6.45, 7) is 5.16. The van der Waals surface area contributed by atoms with E-state index in [0.717, 1.165) is 37.0 Å². The molecule has 0 amide bonds. The topological polar surface area (TPSA) is 39.5 Å². The maximum Gasteiger partial charge on any atom is 0.161 e. The third-order valence-corrected chi connectivity index (χ3v) is 4.66. The molecule has 5 nitrogen and oxygen atoms in total. The fourth-order valence-corrected chi connectivity index (χ4v) is 3.35. The normalized spacial score (nSPS) is 18.3. The van der Waals surface area contributed by atoms with Crippen LogP contribution in [0.5, 0.6) is 11.5 Å². The van der Waals surface area contributed by atoms with E-state index in [0.29, 0.717) is 6.04 Å². The van der Waals surface area contributed by atoms with Crippen LogP contribution in [0, 0.1) is 6.92 Å². The molecule has 1 saturated heterocycles. The number of hydrogen-bond acceptors (Lipinski definition) is 4. The molecule has 1 fully saturated rings. The first-order valence-electron chi connectivity index (χ1n) is 8.14. The van der Waals surface area contributed by atoms with Crippen molar-refractivity contribution < 1.29 is 9.47 Å². The van der Waals surface area contributed by atoms with Crippen LogP contribution in [0.4, 0.5) is 0 Å². The number of benzene rings is 1. The van der Waals surface area contributed by atoms with Gasteiger partial charge in [0.05, 0.1) is 14.2 Å². The van der Waals surface area contributed by atoms with Crippen molar-refractivity contribution in [2.45, 2.75) is 38.9 Å². The Balaban J connectivity index is 1.70. The Labute approximate surface area is 137 Å². The molecule has 0 saturated carbocycles. The molecule has 0 bridgehead atoms. The smallest absolute Gasteiger partial charge is 0.161 e. The molecule has 1 atom stereocenters. The minimum absolute atomic E-state index is 0.566. The number of aromatic nitrogens is 2. The van der Waals surface area contributed by atoms with Crippen LogP contribution in [0.15, 0.2) is 30.6 Å². The second-order valence-electron chi connectivity index (χ2n) is 6.08. The predicted molar refractivity (Wildman–Crippen MR) is 89.9 cm³/mol. The van der Waals surface area contributed by atoms with E-state index >= 15 is 0 Å². The van der Waals surface area contributed by atoms with Crippen molar-refractivity contribution in [3.05, 3.63) is 42.0 Å². The standard InChI is InChI=1S/C18H25N3O2/c1-14-19-8-10-20(14)13-16-5-4-9-21(16)12-15-6-7-17(22-2)18(11-15)23-3/h6-8,10-11,16H,4-5,9,12-13H2,1-3H3. The van der Waals surface area contributed by atoms with Crippen molar-refractivity contribution in [2.75, 3.05) is 20.8 Å². The fraction of sp³-hybridized carbons (Fsp3) is 0.500. The second-order valence-corrected chi connectivity index (χ2v) is 6.08. The van der Waals surface area contributed by atoms with Gasteiger partial charge >= 0.3 is 0 Å². The quantitative estimate of drug-likeness (QED) is 0.822. The molecule has 1 aliphatic heterocycles. The van der Waals surface area contributed by atoms with Gasteiger partial charge in [0, 0.05) is 31.5 Å². The third kappa shape index (κ3) is 3.50. The van der Waals surface area contributed by atoms with Gasteiger partial charge in [-0.15, -0.1) is 0 Å². The van der Waals surface area contributed by atoms with E-state index in [2.05, 4.69) is 39.7 Å². The summed E-state index contributed by atoms with van der Waals surface area (Å²) >= 11 is 0. The van der Waals surface area contributed by atoms with E-state index in [9.17, 15) is 0 Å². The van der Waals surface area contributed by atoms with E-state index < -0.39 is 0 Å². The molecule has 1 aliphatic rings. The van der Waals surface area contributed by atoms with Crippen LogP contribution in [-0.4, -0.2) is 41.3 Å². The Kier molecular flexibility index (Phi) is 4.86. The van der Waals surface area contributed by atoms with Crippen LogP contribution in [0.2, 0.25) is 0 Å². The molecular weight excluding hydrogens is 290 g/mol. The first-order chi connectivity index (χ1) is 11.2. The molecule has 1 aromatic carbocycles. The molecule has 23 heavy (non-hydrogen) atoms. The number of hydrogen-bond donors (Lipinski definition) is 0. The van der Waals surface area contributed by atoms with Crippen LogP contribution in [-0.2, 0) is 13.1 Å². The van der Waals surface area contributed by atoms with Gasteiger partial charge in [0.2, 0.25) is 0 Å². The van der Waals surface area contributed by atoms with Gasteiger partial charge < -0.3 is 14.0 Å². The number of rotatable bonds is 6. The zero-order valence-corrected chi connectivity index (χ0v) is 14.2.